The van der Waals surface area contributed by atoms with Gasteiger partial charge in [-0.2, -0.15) is 0 Å². The molecule has 2 aliphatic heterocycles. The van der Waals surface area contributed by atoms with Gasteiger partial charge in [0.15, 0.2) is 0 Å². The van der Waals surface area contributed by atoms with Crippen LogP contribution < -0.4 is 4.74 Å². The topological polar surface area (TPSA) is 53.0 Å². The number of fused-ring (bicyclic) bond motifs is 2. The van der Waals surface area contributed by atoms with Gasteiger partial charge < -0.3 is 14.7 Å². The van der Waals surface area contributed by atoms with Crippen LogP contribution in [0, 0.1) is 5.82 Å². The van der Waals surface area contributed by atoms with E-state index in [0.29, 0.717) is 44.1 Å². The standard InChI is InChI=1S/C21H19Cl2FN2O3/c1-2-17(28)26-7-6-25-9-12-8-15(24)19(18-14(22)4-3-5-16(18)27)20(23)21(12)29-11-13(25)10-26/h2-5,8,13,27H,1,6-7,9-11H2. The predicted octanol–water partition coefficient (Wildman–Crippen LogP) is 4.10. The summed E-state index contributed by atoms with van der Waals surface area (Å²) in [6.45, 7) is 5.99. The number of phenolic OH excluding ortho intramolecular Hbond substituents is 1. The first kappa shape index (κ1) is 20.0. The number of hydrogen-bond acceptors (Lipinski definition) is 4. The number of amides is 1. The second kappa shape index (κ2) is 7.86. The quantitative estimate of drug-likeness (QED) is 0.720. The number of nitrogens with zero attached hydrogens (tertiary/aromatic N) is 2. The molecular formula is C21H19Cl2FN2O3. The van der Waals surface area contributed by atoms with Crippen molar-refractivity contribution in [2.45, 2.75) is 12.6 Å². The molecule has 0 spiro atoms. The van der Waals surface area contributed by atoms with E-state index in [2.05, 4.69) is 11.5 Å². The molecule has 0 aromatic heterocycles. The molecule has 1 N–H and O–H groups in total. The minimum absolute atomic E-state index is 0.0110. The number of aromatic hydroxyl groups is 1. The van der Waals surface area contributed by atoms with Crippen LogP contribution in [-0.4, -0.2) is 53.1 Å². The highest BCUT2D eigenvalue weighted by atomic mass is 35.5. The smallest absolute Gasteiger partial charge is 0.246 e. The number of ether oxygens (including phenoxy) is 1. The summed E-state index contributed by atoms with van der Waals surface area (Å²) in [6.07, 6.45) is 1.30. The van der Waals surface area contributed by atoms with Gasteiger partial charge in [0.25, 0.3) is 0 Å². The third-order valence-corrected chi connectivity index (χ3v) is 6.05. The molecule has 1 fully saturated rings. The molecule has 0 radical (unpaired) electrons. The summed E-state index contributed by atoms with van der Waals surface area (Å²) in [4.78, 5) is 15.8. The van der Waals surface area contributed by atoms with Crippen molar-refractivity contribution in [2.24, 2.45) is 0 Å². The Morgan fingerprint density at radius 3 is 2.83 bits per heavy atom. The maximum absolute atomic E-state index is 15.1. The zero-order valence-corrected chi connectivity index (χ0v) is 17.0. The normalized spacial score (nSPS) is 19.0. The molecule has 152 valence electrons. The molecule has 1 saturated heterocycles. The maximum Gasteiger partial charge on any atom is 0.246 e. The van der Waals surface area contributed by atoms with Crippen LogP contribution in [0.5, 0.6) is 11.5 Å². The van der Waals surface area contributed by atoms with Gasteiger partial charge in [-0.25, -0.2) is 4.39 Å². The predicted molar refractivity (Wildman–Crippen MR) is 110 cm³/mol. The first-order chi connectivity index (χ1) is 13.9. The zero-order chi connectivity index (χ0) is 20.7. The van der Waals surface area contributed by atoms with Crippen molar-refractivity contribution in [3.8, 4) is 22.6 Å². The molecule has 0 saturated carbocycles. The van der Waals surface area contributed by atoms with Gasteiger partial charge in [-0.15, -0.1) is 0 Å². The van der Waals surface area contributed by atoms with Crippen LogP contribution in [-0.2, 0) is 11.3 Å². The Hall–Kier alpha value is -2.28. The van der Waals surface area contributed by atoms with Crippen LogP contribution in [0.1, 0.15) is 5.56 Å². The first-order valence-corrected chi connectivity index (χ1v) is 9.93. The highest BCUT2D eigenvalue weighted by molar-refractivity contribution is 6.37. The minimum Gasteiger partial charge on any atom is -0.507 e. The summed E-state index contributed by atoms with van der Waals surface area (Å²) in [5.41, 5.74) is 0.762. The fraction of sp³-hybridized carbons (Fsp3) is 0.286. The number of carbonyl (C=O) groups is 1. The van der Waals surface area contributed by atoms with Crippen molar-refractivity contribution in [2.75, 3.05) is 26.2 Å². The summed E-state index contributed by atoms with van der Waals surface area (Å²) in [7, 11) is 0. The van der Waals surface area contributed by atoms with Gasteiger partial charge in [0.1, 0.15) is 23.9 Å². The van der Waals surface area contributed by atoms with Gasteiger partial charge in [0.05, 0.1) is 16.1 Å². The molecule has 0 aliphatic carbocycles. The lowest BCUT2D eigenvalue weighted by atomic mass is 10.0. The van der Waals surface area contributed by atoms with E-state index in [0.717, 1.165) is 0 Å². The second-order valence-electron chi connectivity index (χ2n) is 7.09. The first-order valence-electron chi connectivity index (χ1n) is 9.17. The Balaban J connectivity index is 1.71. The molecular weight excluding hydrogens is 418 g/mol. The summed E-state index contributed by atoms with van der Waals surface area (Å²) in [5, 5.41) is 10.5. The van der Waals surface area contributed by atoms with Gasteiger partial charge in [-0.3, -0.25) is 9.69 Å². The van der Waals surface area contributed by atoms with Crippen LogP contribution in [0.4, 0.5) is 4.39 Å². The Bertz CT molecular complexity index is 978. The fourth-order valence-electron chi connectivity index (χ4n) is 3.90. The molecule has 5 nitrogen and oxygen atoms in total. The molecule has 1 unspecified atom stereocenters. The molecule has 2 aliphatic rings. The maximum atomic E-state index is 15.1. The lowest BCUT2D eigenvalue weighted by Crippen LogP contribution is -2.55. The monoisotopic (exact) mass is 436 g/mol. The molecule has 1 atom stereocenters. The van der Waals surface area contributed by atoms with E-state index >= 15 is 4.39 Å². The third kappa shape index (κ3) is 3.56. The van der Waals surface area contributed by atoms with Crippen molar-refractivity contribution in [3.05, 3.63) is 58.3 Å². The number of rotatable bonds is 2. The highest BCUT2D eigenvalue weighted by Crippen LogP contribution is 2.46. The number of benzene rings is 2. The van der Waals surface area contributed by atoms with E-state index in [9.17, 15) is 9.90 Å². The molecule has 1 amide bonds. The average Bonchev–Trinajstić information content (AvgIpc) is 2.88. The second-order valence-corrected chi connectivity index (χ2v) is 7.88. The van der Waals surface area contributed by atoms with Crippen LogP contribution >= 0.6 is 23.2 Å². The van der Waals surface area contributed by atoms with Crippen LogP contribution in [0.3, 0.4) is 0 Å². The molecule has 2 heterocycles. The summed E-state index contributed by atoms with van der Waals surface area (Å²) in [6, 6.07) is 5.89. The Labute approximate surface area is 177 Å². The van der Waals surface area contributed by atoms with Crippen LogP contribution in [0.2, 0.25) is 10.0 Å². The van der Waals surface area contributed by atoms with Crippen molar-refractivity contribution >= 4 is 29.1 Å². The third-order valence-electron chi connectivity index (χ3n) is 5.38. The molecule has 2 aromatic rings. The van der Waals surface area contributed by atoms with E-state index in [1.54, 1.807) is 17.0 Å². The fourth-order valence-corrected chi connectivity index (χ4v) is 4.52. The van der Waals surface area contributed by atoms with Crippen LogP contribution in [0.15, 0.2) is 36.9 Å². The minimum atomic E-state index is -0.584. The molecule has 4 rings (SSSR count). The van der Waals surface area contributed by atoms with E-state index in [1.165, 1.54) is 18.2 Å². The Morgan fingerprint density at radius 2 is 2.10 bits per heavy atom. The SMILES string of the molecule is C=CC(=O)N1CCN2Cc3cc(F)c(-c4c(O)cccc4Cl)c(Cl)c3OCC2C1. The van der Waals surface area contributed by atoms with E-state index in [-0.39, 0.29) is 38.9 Å². The summed E-state index contributed by atoms with van der Waals surface area (Å²) in [5.74, 6) is -0.493. The van der Waals surface area contributed by atoms with Gasteiger partial charge in [-0.1, -0.05) is 35.8 Å². The number of piperazine rings is 1. The summed E-state index contributed by atoms with van der Waals surface area (Å²) < 4.78 is 21.0. The molecule has 29 heavy (non-hydrogen) atoms. The van der Waals surface area contributed by atoms with E-state index in [4.69, 9.17) is 27.9 Å². The largest absolute Gasteiger partial charge is 0.507 e. The number of hydrogen-bond donors (Lipinski definition) is 1. The van der Waals surface area contributed by atoms with Crippen molar-refractivity contribution < 1.29 is 19.0 Å². The van der Waals surface area contributed by atoms with Crippen LogP contribution in [0.25, 0.3) is 11.1 Å². The number of carbonyl (C=O) groups excluding carboxylic acids is 1. The molecule has 0 bridgehead atoms. The van der Waals surface area contributed by atoms with Crippen molar-refractivity contribution in [1.82, 2.24) is 9.80 Å². The Kier molecular flexibility index (Phi) is 5.42. The van der Waals surface area contributed by atoms with Gasteiger partial charge in [0, 0.05) is 42.9 Å². The lowest BCUT2D eigenvalue weighted by molar-refractivity contribution is -0.129. The van der Waals surface area contributed by atoms with Gasteiger partial charge in [0.2, 0.25) is 5.91 Å². The van der Waals surface area contributed by atoms with Gasteiger partial charge in [-0.05, 0) is 24.3 Å². The molecule has 8 heteroatoms. The van der Waals surface area contributed by atoms with Crippen molar-refractivity contribution in [1.29, 1.82) is 0 Å². The highest BCUT2D eigenvalue weighted by Gasteiger charge is 2.34. The van der Waals surface area contributed by atoms with E-state index in [1.807, 2.05) is 0 Å². The molecule has 2 aromatic carbocycles. The number of phenols is 1. The van der Waals surface area contributed by atoms with E-state index < -0.39 is 5.82 Å². The van der Waals surface area contributed by atoms with Crippen molar-refractivity contribution in [3.63, 3.8) is 0 Å². The zero-order valence-electron chi connectivity index (χ0n) is 15.5. The number of halogens is 3. The lowest BCUT2D eigenvalue weighted by Gasteiger charge is -2.39. The average molecular weight is 437 g/mol. The van der Waals surface area contributed by atoms with Gasteiger partial charge >= 0.3 is 0 Å². The summed E-state index contributed by atoms with van der Waals surface area (Å²) >= 11 is 12.8. The Morgan fingerprint density at radius 1 is 1.31 bits per heavy atom.